The number of unbranched alkanes of at least 4 members (excludes halogenated alkanes) is 3. The monoisotopic (exact) mass is 324 g/mol. The zero-order valence-electron chi connectivity index (χ0n) is 13.6. The van der Waals surface area contributed by atoms with Gasteiger partial charge < -0.3 is 4.74 Å². The second-order valence-corrected chi connectivity index (χ2v) is 7.06. The van der Waals surface area contributed by atoms with E-state index in [0.717, 1.165) is 37.9 Å². The van der Waals surface area contributed by atoms with E-state index in [2.05, 4.69) is 13.8 Å². The van der Waals surface area contributed by atoms with E-state index in [0.29, 0.717) is 18.9 Å². The Kier molecular flexibility index (Phi) is 13.1. The number of carbonyl (C=O) groups is 1. The number of alkyl halides is 2. The van der Waals surface area contributed by atoms with Crippen molar-refractivity contribution in [1.82, 2.24) is 0 Å². The van der Waals surface area contributed by atoms with Crippen molar-refractivity contribution in [2.45, 2.75) is 77.4 Å². The van der Waals surface area contributed by atoms with Gasteiger partial charge in [-0.15, -0.1) is 11.8 Å². The fraction of sp³-hybridized carbons (Fsp3) is 0.938. The summed E-state index contributed by atoms with van der Waals surface area (Å²) >= 11 is 1.65. The Balaban J connectivity index is 3.83. The van der Waals surface area contributed by atoms with Gasteiger partial charge in [0.1, 0.15) is 5.25 Å². The quantitative estimate of drug-likeness (QED) is 0.339. The summed E-state index contributed by atoms with van der Waals surface area (Å²) in [5.74, 6) is 1.25. The van der Waals surface area contributed by atoms with E-state index in [4.69, 9.17) is 4.74 Å². The van der Waals surface area contributed by atoms with Gasteiger partial charge in [0, 0.05) is 6.42 Å². The highest BCUT2D eigenvalue weighted by atomic mass is 32.2. The number of rotatable bonds is 13. The maximum absolute atomic E-state index is 12.0. The van der Waals surface area contributed by atoms with Gasteiger partial charge in [0.05, 0.1) is 6.61 Å². The molecule has 0 aliphatic heterocycles. The van der Waals surface area contributed by atoms with Gasteiger partial charge in [0.2, 0.25) is 6.43 Å². The molecule has 0 aromatic rings. The van der Waals surface area contributed by atoms with Crippen LogP contribution in [0.1, 0.15) is 65.7 Å². The molecule has 0 bridgehead atoms. The summed E-state index contributed by atoms with van der Waals surface area (Å²) in [6.07, 6.45) is 2.88. The highest BCUT2D eigenvalue weighted by Crippen LogP contribution is 2.22. The molecule has 0 radical (unpaired) electrons. The van der Waals surface area contributed by atoms with Crippen LogP contribution in [0.4, 0.5) is 8.78 Å². The minimum atomic E-state index is -2.18. The van der Waals surface area contributed by atoms with Crippen LogP contribution in [-0.4, -0.2) is 30.0 Å². The lowest BCUT2D eigenvalue weighted by Crippen LogP contribution is -2.23. The summed E-state index contributed by atoms with van der Waals surface area (Å²) in [6, 6.07) is 0. The molecule has 126 valence electrons. The van der Waals surface area contributed by atoms with Crippen LogP contribution in [0, 0.1) is 5.92 Å². The van der Waals surface area contributed by atoms with Crippen LogP contribution in [0.5, 0.6) is 0 Å². The van der Waals surface area contributed by atoms with Crippen LogP contribution in [-0.2, 0) is 9.53 Å². The van der Waals surface area contributed by atoms with Crippen molar-refractivity contribution < 1.29 is 18.3 Å². The molecule has 0 rings (SSSR count). The number of hydrogen-bond donors (Lipinski definition) is 0. The van der Waals surface area contributed by atoms with Gasteiger partial charge in [-0.05, 0) is 37.4 Å². The minimum absolute atomic E-state index is 0.00641. The van der Waals surface area contributed by atoms with E-state index in [1.165, 1.54) is 0 Å². The third-order valence-electron chi connectivity index (χ3n) is 3.03. The van der Waals surface area contributed by atoms with E-state index >= 15 is 0 Å². The van der Waals surface area contributed by atoms with Crippen molar-refractivity contribution in [2.24, 2.45) is 5.92 Å². The molecule has 21 heavy (non-hydrogen) atoms. The van der Waals surface area contributed by atoms with Crippen molar-refractivity contribution in [1.29, 1.82) is 0 Å². The molecule has 1 unspecified atom stereocenters. The SMILES string of the molecule is CCCOC(=O)C(CC(C)C)SCCCCCCC(F)F. The lowest BCUT2D eigenvalue weighted by molar-refractivity contribution is -0.143. The predicted molar refractivity (Wildman–Crippen MR) is 86.0 cm³/mol. The molecule has 0 N–H and O–H groups in total. The van der Waals surface area contributed by atoms with E-state index in [-0.39, 0.29) is 17.6 Å². The average Bonchev–Trinajstić information content (AvgIpc) is 2.41. The van der Waals surface area contributed by atoms with Crippen LogP contribution in [0.25, 0.3) is 0 Å². The van der Waals surface area contributed by atoms with E-state index in [9.17, 15) is 13.6 Å². The maximum Gasteiger partial charge on any atom is 0.319 e. The van der Waals surface area contributed by atoms with Crippen molar-refractivity contribution >= 4 is 17.7 Å². The molecule has 0 aromatic heterocycles. The number of hydrogen-bond acceptors (Lipinski definition) is 3. The van der Waals surface area contributed by atoms with Gasteiger partial charge in [-0.2, -0.15) is 0 Å². The Morgan fingerprint density at radius 2 is 1.81 bits per heavy atom. The summed E-state index contributed by atoms with van der Waals surface area (Å²) in [6.45, 7) is 6.68. The van der Waals surface area contributed by atoms with Gasteiger partial charge in [-0.3, -0.25) is 4.79 Å². The zero-order valence-corrected chi connectivity index (χ0v) is 14.4. The summed E-state index contributed by atoms with van der Waals surface area (Å²) in [5, 5.41) is -0.0855. The van der Waals surface area contributed by atoms with Crippen molar-refractivity contribution in [3.8, 4) is 0 Å². The molecule has 2 nitrogen and oxygen atoms in total. The molecular formula is C16H30F2O2S. The highest BCUT2D eigenvalue weighted by Gasteiger charge is 2.21. The van der Waals surface area contributed by atoms with Crippen LogP contribution in [0.15, 0.2) is 0 Å². The van der Waals surface area contributed by atoms with E-state index in [1.807, 2.05) is 6.92 Å². The van der Waals surface area contributed by atoms with Crippen LogP contribution < -0.4 is 0 Å². The summed E-state index contributed by atoms with van der Waals surface area (Å²) < 4.78 is 29.2. The lowest BCUT2D eigenvalue weighted by Gasteiger charge is -2.17. The Hall–Kier alpha value is -0.320. The highest BCUT2D eigenvalue weighted by molar-refractivity contribution is 8.00. The maximum atomic E-state index is 12.0. The molecular weight excluding hydrogens is 294 g/mol. The first-order chi connectivity index (χ1) is 9.97. The molecule has 5 heteroatoms. The second kappa shape index (κ2) is 13.4. The second-order valence-electron chi connectivity index (χ2n) is 5.75. The van der Waals surface area contributed by atoms with Gasteiger partial charge >= 0.3 is 5.97 Å². The fourth-order valence-electron chi connectivity index (χ4n) is 1.94. The molecule has 0 saturated carbocycles. The molecule has 0 heterocycles. The molecule has 0 saturated heterocycles. The lowest BCUT2D eigenvalue weighted by atomic mass is 10.1. The average molecular weight is 324 g/mol. The topological polar surface area (TPSA) is 26.3 Å². The number of carbonyl (C=O) groups excluding carboxylic acids is 1. The minimum Gasteiger partial charge on any atom is -0.465 e. The molecule has 1 atom stereocenters. The molecule has 0 fully saturated rings. The van der Waals surface area contributed by atoms with Gasteiger partial charge in [-0.1, -0.05) is 33.6 Å². The predicted octanol–water partition coefficient (Wildman–Crippen LogP) is 5.30. The Morgan fingerprint density at radius 1 is 1.14 bits per heavy atom. The fourth-order valence-corrected chi connectivity index (χ4v) is 3.32. The normalized spacial score (nSPS) is 12.9. The van der Waals surface area contributed by atoms with Crippen molar-refractivity contribution in [3.05, 3.63) is 0 Å². The zero-order chi connectivity index (χ0) is 16.1. The first kappa shape index (κ1) is 20.7. The first-order valence-electron chi connectivity index (χ1n) is 8.03. The van der Waals surface area contributed by atoms with E-state index < -0.39 is 6.43 Å². The Bertz CT molecular complexity index is 261. The van der Waals surface area contributed by atoms with Gasteiger partial charge in [0.25, 0.3) is 0 Å². The third kappa shape index (κ3) is 13.1. The number of ether oxygens (including phenoxy) is 1. The number of halogens is 2. The number of thioether (sulfide) groups is 1. The molecule has 0 aromatic carbocycles. The van der Waals surface area contributed by atoms with Gasteiger partial charge in [0.15, 0.2) is 0 Å². The van der Waals surface area contributed by atoms with Crippen LogP contribution in [0.2, 0.25) is 0 Å². The van der Waals surface area contributed by atoms with Crippen molar-refractivity contribution in [2.75, 3.05) is 12.4 Å². The molecule has 0 aliphatic rings. The van der Waals surface area contributed by atoms with Crippen LogP contribution in [0.3, 0.4) is 0 Å². The van der Waals surface area contributed by atoms with Crippen LogP contribution >= 0.6 is 11.8 Å². The first-order valence-corrected chi connectivity index (χ1v) is 9.08. The van der Waals surface area contributed by atoms with Crippen molar-refractivity contribution in [3.63, 3.8) is 0 Å². The summed E-state index contributed by atoms with van der Waals surface area (Å²) in [7, 11) is 0. The number of esters is 1. The summed E-state index contributed by atoms with van der Waals surface area (Å²) in [4.78, 5) is 12.0. The smallest absolute Gasteiger partial charge is 0.319 e. The third-order valence-corrected chi connectivity index (χ3v) is 4.34. The molecule has 0 spiro atoms. The van der Waals surface area contributed by atoms with Gasteiger partial charge in [-0.25, -0.2) is 8.78 Å². The Morgan fingerprint density at radius 3 is 2.38 bits per heavy atom. The molecule has 0 amide bonds. The summed E-state index contributed by atoms with van der Waals surface area (Å²) in [5.41, 5.74) is 0. The molecule has 0 aliphatic carbocycles. The van der Waals surface area contributed by atoms with E-state index in [1.54, 1.807) is 11.8 Å². The largest absolute Gasteiger partial charge is 0.465 e. The Labute approximate surface area is 132 Å². The standard InChI is InChI=1S/C16H30F2O2S/c1-4-10-20-16(19)14(12-13(2)3)21-11-8-6-5-7-9-15(17)18/h13-15H,4-12H2,1-3H3.